The van der Waals surface area contributed by atoms with Crippen LogP contribution in [-0.4, -0.2) is 31.1 Å². The average molecular weight is 326 g/mol. The first-order chi connectivity index (χ1) is 11.4. The maximum Gasteiger partial charge on any atom is 0.255 e. The van der Waals surface area contributed by atoms with Crippen molar-refractivity contribution in [2.45, 2.75) is 19.4 Å². The molecule has 126 valence electrons. The number of hydrogen-bond donors (Lipinski definition) is 2. The second-order valence-corrected chi connectivity index (χ2v) is 6.04. The molecule has 0 aromatic heterocycles. The summed E-state index contributed by atoms with van der Waals surface area (Å²) >= 11 is 0. The Balaban J connectivity index is 1.97. The van der Waals surface area contributed by atoms with Crippen LogP contribution in [0.2, 0.25) is 0 Å². The Morgan fingerprint density at radius 2 is 1.46 bits per heavy atom. The van der Waals surface area contributed by atoms with E-state index < -0.39 is 5.60 Å². The third-order valence-corrected chi connectivity index (χ3v) is 3.67. The quantitative estimate of drug-likeness (QED) is 0.857. The molecule has 0 fully saturated rings. The number of ether oxygens (including phenoxy) is 1. The minimum Gasteiger partial charge on any atom is -0.377 e. The Morgan fingerprint density at radius 1 is 0.917 bits per heavy atom. The Kier molecular flexibility index (Phi) is 5.71. The Hall–Kier alpha value is -2.66. The minimum absolute atomic E-state index is 0.199. The van der Waals surface area contributed by atoms with Gasteiger partial charge in [0.25, 0.3) is 11.8 Å². The summed E-state index contributed by atoms with van der Waals surface area (Å²) in [5, 5.41) is 5.62. The predicted octanol–water partition coefficient (Wildman–Crippen LogP) is 3.09. The number of carbonyl (C=O) groups excluding carboxylic acids is 2. The SMILES string of the molecule is COC(C)(C)CNC(=O)c1ccc(C(=O)Nc2ccccc2)cc1. The second kappa shape index (κ2) is 7.75. The molecule has 2 rings (SSSR count). The third-order valence-electron chi connectivity index (χ3n) is 3.67. The van der Waals surface area contributed by atoms with Gasteiger partial charge in [0.2, 0.25) is 0 Å². The highest BCUT2D eigenvalue weighted by molar-refractivity contribution is 6.05. The lowest BCUT2D eigenvalue weighted by Gasteiger charge is -2.23. The standard InChI is InChI=1S/C19H22N2O3/c1-19(2,24-3)13-20-17(22)14-9-11-15(12-10-14)18(23)21-16-7-5-4-6-8-16/h4-12H,13H2,1-3H3,(H,20,22)(H,21,23). The zero-order valence-electron chi connectivity index (χ0n) is 14.1. The molecule has 0 aliphatic heterocycles. The van der Waals surface area contributed by atoms with E-state index in [9.17, 15) is 9.59 Å². The molecule has 5 heteroatoms. The van der Waals surface area contributed by atoms with E-state index in [1.165, 1.54) is 0 Å². The van der Waals surface area contributed by atoms with Crippen LogP contribution in [0.1, 0.15) is 34.6 Å². The van der Waals surface area contributed by atoms with Gasteiger partial charge in [-0.15, -0.1) is 0 Å². The first-order valence-corrected chi connectivity index (χ1v) is 7.71. The van der Waals surface area contributed by atoms with Gasteiger partial charge >= 0.3 is 0 Å². The van der Waals surface area contributed by atoms with E-state index in [1.54, 1.807) is 31.4 Å². The lowest BCUT2D eigenvalue weighted by Crippen LogP contribution is -2.39. The fourth-order valence-corrected chi connectivity index (χ4v) is 1.97. The molecule has 2 N–H and O–H groups in total. The topological polar surface area (TPSA) is 67.4 Å². The summed E-state index contributed by atoms with van der Waals surface area (Å²) in [5.74, 6) is -0.413. The molecule has 0 saturated heterocycles. The van der Waals surface area contributed by atoms with E-state index in [0.29, 0.717) is 17.7 Å². The van der Waals surface area contributed by atoms with Crippen LogP contribution in [0.3, 0.4) is 0 Å². The van der Waals surface area contributed by atoms with Crippen LogP contribution in [0.15, 0.2) is 54.6 Å². The molecule has 0 spiro atoms. The van der Waals surface area contributed by atoms with Crippen LogP contribution in [0, 0.1) is 0 Å². The smallest absolute Gasteiger partial charge is 0.255 e. The van der Waals surface area contributed by atoms with Crippen molar-refractivity contribution in [1.82, 2.24) is 5.32 Å². The molecule has 2 amide bonds. The molecule has 0 radical (unpaired) electrons. The van der Waals surface area contributed by atoms with Gasteiger partial charge in [0.1, 0.15) is 0 Å². The minimum atomic E-state index is -0.425. The van der Waals surface area contributed by atoms with Crippen LogP contribution < -0.4 is 10.6 Å². The number of methoxy groups -OCH3 is 1. The summed E-state index contributed by atoms with van der Waals surface area (Å²) in [5.41, 5.74) is 1.29. The van der Waals surface area contributed by atoms with Gasteiger partial charge in [0.15, 0.2) is 0 Å². The lowest BCUT2D eigenvalue weighted by atomic mass is 10.1. The third kappa shape index (κ3) is 4.93. The molecular formula is C19H22N2O3. The van der Waals surface area contributed by atoms with Crippen molar-refractivity contribution in [3.05, 3.63) is 65.7 Å². The largest absolute Gasteiger partial charge is 0.377 e. The van der Waals surface area contributed by atoms with Crippen LogP contribution in [-0.2, 0) is 4.74 Å². The zero-order valence-corrected chi connectivity index (χ0v) is 14.1. The molecule has 0 heterocycles. The van der Waals surface area contributed by atoms with Gasteiger partial charge in [-0.2, -0.15) is 0 Å². The number of nitrogens with one attached hydrogen (secondary N) is 2. The summed E-state index contributed by atoms with van der Waals surface area (Å²) in [6.45, 7) is 4.19. The lowest BCUT2D eigenvalue weighted by molar-refractivity contribution is 0.0229. The van der Waals surface area contributed by atoms with Crippen LogP contribution in [0.4, 0.5) is 5.69 Å². The molecule has 0 unspecified atom stereocenters. The van der Waals surface area contributed by atoms with E-state index in [4.69, 9.17) is 4.74 Å². The molecule has 0 saturated carbocycles. The van der Waals surface area contributed by atoms with Crippen LogP contribution in [0.25, 0.3) is 0 Å². The van der Waals surface area contributed by atoms with Crippen molar-refractivity contribution in [3.8, 4) is 0 Å². The van der Waals surface area contributed by atoms with Crippen molar-refractivity contribution in [1.29, 1.82) is 0 Å². The molecule has 24 heavy (non-hydrogen) atoms. The number of para-hydroxylation sites is 1. The second-order valence-electron chi connectivity index (χ2n) is 6.04. The maximum atomic E-state index is 12.2. The van der Waals surface area contributed by atoms with Crippen LogP contribution >= 0.6 is 0 Å². The highest BCUT2D eigenvalue weighted by Gasteiger charge is 2.18. The van der Waals surface area contributed by atoms with E-state index >= 15 is 0 Å². The molecule has 2 aromatic carbocycles. The Labute approximate surface area is 142 Å². The number of rotatable bonds is 6. The Bertz CT molecular complexity index is 694. The van der Waals surface area contributed by atoms with E-state index in [0.717, 1.165) is 5.69 Å². The van der Waals surface area contributed by atoms with Gasteiger partial charge in [-0.05, 0) is 50.2 Å². The van der Waals surface area contributed by atoms with Crippen LogP contribution in [0.5, 0.6) is 0 Å². The highest BCUT2D eigenvalue weighted by atomic mass is 16.5. The average Bonchev–Trinajstić information content (AvgIpc) is 2.61. The maximum absolute atomic E-state index is 12.2. The first-order valence-electron chi connectivity index (χ1n) is 7.71. The molecule has 2 aromatic rings. The first kappa shape index (κ1) is 17.7. The van der Waals surface area contributed by atoms with Gasteiger partial charge in [0.05, 0.1) is 5.60 Å². The highest BCUT2D eigenvalue weighted by Crippen LogP contribution is 2.11. The van der Waals surface area contributed by atoms with Crippen molar-refractivity contribution < 1.29 is 14.3 Å². The van der Waals surface area contributed by atoms with Crippen molar-refractivity contribution >= 4 is 17.5 Å². The van der Waals surface area contributed by atoms with Crippen molar-refractivity contribution in [2.75, 3.05) is 19.0 Å². The Morgan fingerprint density at radius 3 is 2.00 bits per heavy atom. The molecule has 0 atom stereocenters. The fourth-order valence-electron chi connectivity index (χ4n) is 1.97. The monoisotopic (exact) mass is 326 g/mol. The fraction of sp³-hybridized carbons (Fsp3) is 0.263. The number of benzene rings is 2. The van der Waals surface area contributed by atoms with Gasteiger partial charge < -0.3 is 15.4 Å². The number of carbonyl (C=O) groups is 2. The van der Waals surface area contributed by atoms with Gasteiger partial charge in [-0.1, -0.05) is 18.2 Å². The van der Waals surface area contributed by atoms with Crippen molar-refractivity contribution in [2.24, 2.45) is 0 Å². The van der Waals surface area contributed by atoms with Gasteiger partial charge in [-0.25, -0.2) is 0 Å². The zero-order chi connectivity index (χ0) is 17.6. The van der Waals surface area contributed by atoms with E-state index in [2.05, 4.69) is 10.6 Å². The molecule has 0 aliphatic rings. The summed E-state index contributed by atoms with van der Waals surface area (Å²) < 4.78 is 5.26. The molecule has 0 bridgehead atoms. The molecule has 5 nitrogen and oxygen atoms in total. The van der Waals surface area contributed by atoms with E-state index in [1.807, 2.05) is 44.2 Å². The molecular weight excluding hydrogens is 304 g/mol. The molecule has 0 aliphatic carbocycles. The number of hydrogen-bond acceptors (Lipinski definition) is 3. The predicted molar refractivity (Wildman–Crippen MR) is 94.3 cm³/mol. The van der Waals surface area contributed by atoms with Crippen molar-refractivity contribution in [3.63, 3.8) is 0 Å². The summed E-state index contributed by atoms with van der Waals surface area (Å²) in [6, 6.07) is 15.8. The van der Waals surface area contributed by atoms with E-state index in [-0.39, 0.29) is 11.8 Å². The van der Waals surface area contributed by atoms with Gasteiger partial charge in [0, 0.05) is 30.5 Å². The number of amides is 2. The normalized spacial score (nSPS) is 11.0. The summed E-state index contributed by atoms with van der Waals surface area (Å²) in [7, 11) is 1.60. The summed E-state index contributed by atoms with van der Waals surface area (Å²) in [4.78, 5) is 24.3. The van der Waals surface area contributed by atoms with Gasteiger partial charge in [-0.3, -0.25) is 9.59 Å². The number of anilines is 1. The summed E-state index contributed by atoms with van der Waals surface area (Å²) in [6.07, 6.45) is 0.